The fourth-order valence-corrected chi connectivity index (χ4v) is 1.49. The van der Waals surface area contributed by atoms with Gasteiger partial charge in [0.2, 0.25) is 0 Å². The second-order valence-corrected chi connectivity index (χ2v) is 5.10. The summed E-state index contributed by atoms with van der Waals surface area (Å²) in [5.41, 5.74) is 0.332. The van der Waals surface area contributed by atoms with Gasteiger partial charge < -0.3 is 20.3 Å². The van der Waals surface area contributed by atoms with Crippen molar-refractivity contribution in [2.45, 2.75) is 32.2 Å². The summed E-state index contributed by atoms with van der Waals surface area (Å²) in [7, 11) is 0. The third kappa shape index (κ3) is 7.40. The zero-order valence-corrected chi connectivity index (χ0v) is 11.1. The summed E-state index contributed by atoms with van der Waals surface area (Å²) in [6.07, 6.45) is -0.559. The lowest BCUT2D eigenvalue weighted by Gasteiger charge is -2.19. The predicted molar refractivity (Wildman–Crippen MR) is 71.3 cm³/mol. The van der Waals surface area contributed by atoms with Crippen molar-refractivity contribution in [2.75, 3.05) is 19.7 Å². The highest BCUT2D eigenvalue weighted by Crippen LogP contribution is 2.01. The molecule has 102 valence electrons. The third-order valence-corrected chi connectivity index (χ3v) is 2.36. The molecule has 0 heterocycles. The van der Waals surface area contributed by atoms with E-state index in [9.17, 15) is 10.2 Å². The smallest absolute Gasteiger partial charge is 0.0897 e. The van der Waals surface area contributed by atoms with Gasteiger partial charge in [0.15, 0.2) is 0 Å². The van der Waals surface area contributed by atoms with Crippen LogP contribution in [0.15, 0.2) is 30.3 Å². The molecule has 0 aliphatic rings. The van der Waals surface area contributed by atoms with Crippen molar-refractivity contribution in [1.82, 2.24) is 5.32 Å². The van der Waals surface area contributed by atoms with Gasteiger partial charge in [0.1, 0.15) is 0 Å². The van der Waals surface area contributed by atoms with Gasteiger partial charge in [-0.15, -0.1) is 0 Å². The summed E-state index contributed by atoms with van der Waals surface area (Å²) in [5, 5.41) is 22.1. The first-order valence-corrected chi connectivity index (χ1v) is 6.20. The van der Waals surface area contributed by atoms with Gasteiger partial charge in [-0.05, 0) is 19.4 Å². The zero-order valence-electron chi connectivity index (χ0n) is 11.1. The van der Waals surface area contributed by atoms with Gasteiger partial charge in [-0.1, -0.05) is 30.3 Å². The molecule has 0 aromatic heterocycles. The molecule has 4 nitrogen and oxygen atoms in total. The topological polar surface area (TPSA) is 61.7 Å². The molecule has 0 saturated carbocycles. The largest absolute Gasteiger partial charge is 0.389 e. The van der Waals surface area contributed by atoms with E-state index in [1.54, 1.807) is 13.8 Å². The minimum Gasteiger partial charge on any atom is -0.389 e. The summed E-state index contributed by atoms with van der Waals surface area (Å²) in [6.45, 7) is 5.09. The Labute approximate surface area is 109 Å². The van der Waals surface area contributed by atoms with Crippen LogP contribution in [0.3, 0.4) is 0 Å². The normalized spacial score (nSPS) is 13.6. The first-order valence-electron chi connectivity index (χ1n) is 6.20. The molecule has 18 heavy (non-hydrogen) atoms. The van der Waals surface area contributed by atoms with Crippen LogP contribution in [0, 0.1) is 0 Å². The van der Waals surface area contributed by atoms with Crippen LogP contribution in [0.25, 0.3) is 0 Å². The number of ether oxygens (including phenoxy) is 1. The van der Waals surface area contributed by atoms with E-state index in [2.05, 4.69) is 5.32 Å². The number of aliphatic hydroxyl groups excluding tert-OH is 1. The second kappa shape index (κ2) is 7.48. The van der Waals surface area contributed by atoms with Crippen LogP contribution < -0.4 is 5.32 Å². The Morgan fingerprint density at radius 2 is 1.94 bits per heavy atom. The van der Waals surface area contributed by atoms with Crippen molar-refractivity contribution in [3.63, 3.8) is 0 Å². The van der Waals surface area contributed by atoms with Crippen molar-refractivity contribution in [3.05, 3.63) is 35.9 Å². The van der Waals surface area contributed by atoms with Gasteiger partial charge in [0, 0.05) is 13.1 Å². The van der Waals surface area contributed by atoms with E-state index in [0.29, 0.717) is 19.7 Å². The molecule has 1 atom stereocenters. The van der Waals surface area contributed by atoms with E-state index in [0.717, 1.165) is 5.56 Å². The van der Waals surface area contributed by atoms with Gasteiger partial charge >= 0.3 is 0 Å². The van der Waals surface area contributed by atoms with Crippen molar-refractivity contribution in [3.8, 4) is 0 Å². The van der Waals surface area contributed by atoms with Crippen LogP contribution in [0.4, 0.5) is 0 Å². The average molecular weight is 253 g/mol. The maximum Gasteiger partial charge on any atom is 0.0897 e. The van der Waals surface area contributed by atoms with E-state index in [4.69, 9.17) is 4.74 Å². The first kappa shape index (κ1) is 15.1. The van der Waals surface area contributed by atoms with Crippen LogP contribution >= 0.6 is 0 Å². The van der Waals surface area contributed by atoms with E-state index in [1.165, 1.54) is 0 Å². The van der Waals surface area contributed by atoms with Crippen molar-refractivity contribution >= 4 is 0 Å². The van der Waals surface area contributed by atoms with E-state index < -0.39 is 11.7 Å². The Morgan fingerprint density at radius 1 is 1.28 bits per heavy atom. The lowest BCUT2D eigenvalue weighted by atomic mass is 10.1. The number of nitrogens with one attached hydrogen (secondary N) is 1. The van der Waals surface area contributed by atoms with E-state index >= 15 is 0 Å². The molecule has 1 unspecified atom stereocenters. The molecular weight excluding hydrogens is 230 g/mol. The predicted octanol–water partition coefficient (Wildman–Crippen LogP) is 0.925. The SMILES string of the molecule is CC(C)(O)CNCC(O)COCc1ccccc1. The molecular formula is C14H23NO3. The molecule has 1 aromatic rings. The molecule has 0 saturated heterocycles. The Kier molecular flexibility index (Phi) is 6.29. The molecule has 1 rings (SSSR count). The Bertz CT molecular complexity index is 322. The van der Waals surface area contributed by atoms with Crippen LogP contribution in [0.5, 0.6) is 0 Å². The second-order valence-electron chi connectivity index (χ2n) is 5.10. The minimum atomic E-state index is -0.759. The van der Waals surface area contributed by atoms with Crippen molar-refractivity contribution in [1.29, 1.82) is 0 Å². The third-order valence-electron chi connectivity index (χ3n) is 2.36. The quantitative estimate of drug-likeness (QED) is 0.645. The highest BCUT2D eigenvalue weighted by atomic mass is 16.5. The summed E-state index contributed by atoms with van der Waals surface area (Å²) in [4.78, 5) is 0. The van der Waals surface area contributed by atoms with Crippen molar-refractivity contribution in [2.24, 2.45) is 0 Å². The number of hydrogen-bond donors (Lipinski definition) is 3. The number of hydrogen-bond acceptors (Lipinski definition) is 4. The van der Waals surface area contributed by atoms with E-state index in [-0.39, 0.29) is 6.61 Å². The van der Waals surface area contributed by atoms with Gasteiger partial charge in [-0.25, -0.2) is 0 Å². The molecule has 3 N–H and O–H groups in total. The monoisotopic (exact) mass is 253 g/mol. The number of aliphatic hydroxyl groups is 2. The minimum absolute atomic E-state index is 0.285. The van der Waals surface area contributed by atoms with E-state index in [1.807, 2.05) is 30.3 Å². The molecule has 0 aliphatic heterocycles. The van der Waals surface area contributed by atoms with Crippen molar-refractivity contribution < 1.29 is 14.9 Å². The van der Waals surface area contributed by atoms with Crippen LogP contribution in [-0.4, -0.2) is 41.6 Å². The number of rotatable bonds is 8. The summed E-state index contributed by atoms with van der Waals surface area (Å²) in [6, 6.07) is 9.84. The number of benzene rings is 1. The fraction of sp³-hybridized carbons (Fsp3) is 0.571. The molecule has 0 radical (unpaired) electrons. The molecule has 0 spiro atoms. The zero-order chi connectivity index (χ0) is 13.4. The first-order chi connectivity index (χ1) is 8.47. The molecule has 0 aliphatic carbocycles. The molecule has 0 bridgehead atoms. The lowest BCUT2D eigenvalue weighted by molar-refractivity contribution is 0.0234. The maximum absolute atomic E-state index is 9.65. The van der Waals surface area contributed by atoms with Crippen LogP contribution in [-0.2, 0) is 11.3 Å². The summed E-state index contributed by atoms with van der Waals surface area (Å²) < 4.78 is 5.41. The van der Waals surface area contributed by atoms with Crippen LogP contribution in [0.1, 0.15) is 19.4 Å². The van der Waals surface area contributed by atoms with Gasteiger partial charge in [-0.2, -0.15) is 0 Å². The highest BCUT2D eigenvalue weighted by molar-refractivity contribution is 5.13. The van der Waals surface area contributed by atoms with Gasteiger partial charge in [0.25, 0.3) is 0 Å². The van der Waals surface area contributed by atoms with Gasteiger partial charge in [0.05, 0.1) is 24.9 Å². The fourth-order valence-electron chi connectivity index (χ4n) is 1.49. The summed E-state index contributed by atoms with van der Waals surface area (Å²) >= 11 is 0. The summed E-state index contributed by atoms with van der Waals surface area (Å²) in [5.74, 6) is 0. The molecule has 1 aromatic carbocycles. The molecule has 4 heteroatoms. The Morgan fingerprint density at radius 3 is 2.56 bits per heavy atom. The van der Waals surface area contributed by atoms with Crippen LogP contribution in [0.2, 0.25) is 0 Å². The highest BCUT2D eigenvalue weighted by Gasteiger charge is 2.12. The average Bonchev–Trinajstić information content (AvgIpc) is 2.28. The molecule has 0 amide bonds. The van der Waals surface area contributed by atoms with Gasteiger partial charge in [-0.3, -0.25) is 0 Å². The standard InChI is InChI=1S/C14H23NO3/c1-14(2,17)11-15-8-13(16)10-18-9-12-6-4-3-5-7-12/h3-7,13,15-17H,8-11H2,1-2H3. The Hall–Kier alpha value is -0.940. The Balaban J connectivity index is 2.09. The lowest BCUT2D eigenvalue weighted by Crippen LogP contribution is -2.39. The maximum atomic E-state index is 9.65. The molecule has 0 fully saturated rings.